The summed E-state index contributed by atoms with van der Waals surface area (Å²) in [6.45, 7) is 2.48. The van der Waals surface area contributed by atoms with Crippen molar-refractivity contribution < 1.29 is 18.7 Å². The summed E-state index contributed by atoms with van der Waals surface area (Å²) >= 11 is 5.64. The fraction of sp³-hybridized carbons (Fsp3) is 0.440. The van der Waals surface area contributed by atoms with Crippen molar-refractivity contribution in [2.24, 2.45) is 5.41 Å². The zero-order valence-corrected chi connectivity index (χ0v) is 18.9. The summed E-state index contributed by atoms with van der Waals surface area (Å²) in [6.07, 6.45) is 5.37. The highest BCUT2D eigenvalue weighted by molar-refractivity contribution is 6.30. The zero-order valence-electron chi connectivity index (χ0n) is 18.2. The van der Waals surface area contributed by atoms with Crippen LogP contribution < -0.4 is 15.4 Å². The number of hydrogen-bond acceptors (Lipinski definition) is 3. The van der Waals surface area contributed by atoms with E-state index in [0.29, 0.717) is 25.8 Å². The van der Waals surface area contributed by atoms with Gasteiger partial charge in [0.1, 0.15) is 11.6 Å². The minimum absolute atomic E-state index is 0.00299. The van der Waals surface area contributed by atoms with Crippen LogP contribution >= 0.6 is 11.6 Å². The van der Waals surface area contributed by atoms with Gasteiger partial charge in [0.15, 0.2) is 6.61 Å². The minimum Gasteiger partial charge on any atom is -0.484 e. The van der Waals surface area contributed by atoms with Crippen molar-refractivity contribution in [3.63, 3.8) is 0 Å². The van der Waals surface area contributed by atoms with E-state index < -0.39 is 5.82 Å². The van der Waals surface area contributed by atoms with Crippen LogP contribution in [0.2, 0.25) is 5.02 Å². The van der Waals surface area contributed by atoms with E-state index in [1.165, 1.54) is 30.5 Å². The third kappa shape index (κ3) is 4.75. The molecule has 0 spiro atoms. The Balaban J connectivity index is 1.18. The molecule has 3 aliphatic carbocycles. The highest BCUT2D eigenvalue weighted by Gasteiger charge is 2.72. The average molecular weight is 459 g/mol. The van der Waals surface area contributed by atoms with E-state index >= 15 is 0 Å². The van der Waals surface area contributed by atoms with E-state index in [2.05, 4.69) is 41.8 Å². The van der Waals surface area contributed by atoms with Crippen molar-refractivity contribution in [1.29, 1.82) is 0 Å². The van der Waals surface area contributed by atoms with Gasteiger partial charge in [-0.25, -0.2) is 4.39 Å². The van der Waals surface area contributed by atoms with Gasteiger partial charge in [0.05, 0.1) is 10.4 Å². The van der Waals surface area contributed by atoms with Crippen molar-refractivity contribution in [3.05, 3.63) is 64.4 Å². The van der Waals surface area contributed by atoms with Gasteiger partial charge < -0.3 is 15.4 Å². The maximum absolute atomic E-state index is 13.4. The topological polar surface area (TPSA) is 67.4 Å². The first-order valence-corrected chi connectivity index (χ1v) is 11.5. The van der Waals surface area contributed by atoms with Gasteiger partial charge in [-0.05, 0) is 55.4 Å². The summed E-state index contributed by atoms with van der Waals surface area (Å²) < 4.78 is 18.8. The minimum atomic E-state index is -0.593. The van der Waals surface area contributed by atoms with Crippen LogP contribution in [0.4, 0.5) is 4.39 Å². The molecule has 2 aromatic rings. The summed E-state index contributed by atoms with van der Waals surface area (Å²) in [6, 6.07) is 12.4. The molecule has 2 N–H and O–H groups in total. The molecule has 0 unspecified atom stereocenters. The van der Waals surface area contributed by atoms with Gasteiger partial charge >= 0.3 is 0 Å². The first-order valence-electron chi connectivity index (χ1n) is 11.1. The molecule has 0 heterocycles. The third-order valence-corrected chi connectivity index (χ3v) is 6.78. The molecule has 7 heteroatoms. The molecule has 3 aliphatic rings. The van der Waals surface area contributed by atoms with Crippen LogP contribution in [0.1, 0.15) is 50.2 Å². The quantitative estimate of drug-likeness (QED) is 0.548. The number of amides is 2. The predicted molar refractivity (Wildman–Crippen MR) is 121 cm³/mol. The Morgan fingerprint density at radius 2 is 1.78 bits per heavy atom. The molecular formula is C25H28ClFN2O3. The van der Waals surface area contributed by atoms with Crippen molar-refractivity contribution in [3.8, 4) is 5.75 Å². The second-order valence-electron chi connectivity index (χ2n) is 9.11. The molecule has 0 saturated heterocycles. The lowest BCUT2D eigenvalue weighted by atomic mass is 9.39. The van der Waals surface area contributed by atoms with E-state index in [0.717, 1.165) is 18.1 Å². The molecular weight excluding hydrogens is 431 g/mol. The van der Waals surface area contributed by atoms with Crippen LogP contribution in [0.25, 0.3) is 0 Å². The Kier molecular flexibility index (Phi) is 6.42. The number of nitrogens with one attached hydrogen (secondary N) is 2. The van der Waals surface area contributed by atoms with Gasteiger partial charge in [-0.1, -0.05) is 49.2 Å². The molecule has 5 rings (SSSR count). The number of ether oxygens (including phenoxy) is 1. The van der Waals surface area contributed by atoms with Gasteiger partial charge in [-0.2, -0.15) is 0 Å². The van der Waals surface area contributed by atoms with Crippen LogP contribution in [-0.4, -0.2) is 24.0 Å². The number of benzene rings is 2. The molecule has 0 aliphatic heterocycles. The molecule has 0 aromatic heterocycles. The Morgan fingerprint density at radius 1 is 1.09 bits per heavy atom. The van der Waals surface area contributed by atoms with E-state index in [1.54, 1.807) is 0 Å². The first kappa shape index (κ1) is 22.6. The lowest BCUT2D eigenvalue weighted by Crippen LogP contribution is -2.78. The monoisotopic (exact) mass is 458 g/mol. The second kappa shape index (κ2) is 9.10. The van der Waals surface area contributed by atoms with E-state index in [9.17, 15) is 14.0 Å². The molecule has 0 radical (unpaired) electrons. The largest absolute Gasteiger partial charge is 0.484 e. The predicted octanol–water partition coefficient (Wildman–Crippen LogP) is 4.56. The van der Waals surface area contributed by atoms with E-state index in [4.69, 9.17) is 16.3 Å². The van der Waals surface area contributed by atoms with Crippen LogP contribution in [0.5, 0.6) is 5.75 Å². The van der Waals surface area contributed by atoms with Crippen LogP contribution in [0.3, 0.4) is 0 Å². The third-order valence-electron chi connectivity index (χ3n) is 6.47. The van der Waals surface area contributed by atoms with Crippen molar-refractivity contribution in [1.82, 2.24) is 10.6 Å². The number of unbranched alkanes of at least 4 members (excludes halogenated alkanes) is 1. The average Bonchev–Trinajstić information content (AvgIpc) is 2.73. The Bertz CT molecular complexity index is 989. The van der Waals surface area contributed by atoms with Gasteiger partial charge in [-0.15, -0.1) is 0 Å². The smallest absolute Gasteiger partial charge is 0.258 e. The molecule has 5 nitrogen and oxygen atoms in total. The number of halogens is 2. The SMILES string of the molecule is CCCCc1ccc(CNC(=O)C23CC(NC(=O)COc4ccc(Cl)c(F)c4)(C2)C3)cc1. The summed E-state index contributed by atoms with van der Waals surface area (Å²) in [7, 11) is 0. The van der Waals surface area contributed by atoms with Gasteiger partial charge in [0.25, 0.3) is 5.91 Å². The molecule has 2 bridgehead atoms. The summed E-state index contributed by atoms with van der Waals surface area (Å²) in [5.74, 6) is -0.577. The number of aryl methyl sites for hydroxylation is 1. The fourth-order valence-electron chi connectivity index (χ4n) is 4.78. The van der Waals surface area contributed by atoms with Crippen LogP contribution in [-0.2, 0) is 22.6 Å². The van der Waals surface area contributed by atoms with Crippen molar-refractivity contribution in [2.75, 3.05) is 6.61 Å². The molecule has 3 fully saturated rings. The Labute approximate surface area is 192 Å². The van der Waals surface area contributed by atoms with E-state index in [1.807, 2.05) is 0 Å². The standard InChI is InChI=1S/C25H28ClFN2O3/c1-2-3-4-17-5-7-18(8-6-17)12-28-23(31)24-14-25(15-24,16-24)29-22(30)13-32-19-9-10-20(26)21(27)11-19/h5-11H,2-4,12-16H2,1H3,(H,28,31)(H,29,30). The molecule has 0 atom stereocenters. The molecule has 2 aromatic carbocycles. The number of carbonyl (C=O) groups is 2. The summed E-state index contributed by atoms with van der Waals surface area (Å²) in [5.41, 5.74) is 1.73. The summed E-state index contributed by atoms with van der Waals surface area (Å²) in [5, 5.41) is 6.02. The molecule has 3 saturated carbocycles. The van der Waals surface area contributed by atoms with Crippen LogP contribution in [0, 0.1) is 11.2 Å². The Hall–Kier alpha value is -2.60. The molecule has 170 valence electrons. The van der Waals surface area contributed by atoms with Gasteiger partial charge in [0.2, 0.25) is 5.91 Å². The molecule has 32 heavy (non-hydrogen) atoms. The highest BCUT2D eigenvalue weighted by Crippen LogP contribution is 2.67. The Morgan fingerprint density at radius 3 is 2.44 bits per heavy atom. The number of rotatable bonds is 10. The lowest BCUT2D eigenvalue weighted by molar-refractivity contribution is -0.184. The normalized spacial score (nSPS) is 23.0. The van der Waals surface area contributed by atoms with Crippen molar-refractivity contribution in [2.45, 2.75) is 57.5 Å². The van der Waals surface area contributed by atoms with Gasteiger partial charge in [0, 0.05) is 18.2 Å². The zero-order chi connectivity index (χ0) is 22.8. The summed E-state index contributed by atoms with van der Waals surface area (Å²) in [4.78, 5) is 24.9. The van der Waals surface area contributed by atoms with Crippen LogP contribution in [0.15, 0.2) is 42.5 Å². The molecule has 2 amide bonds. The first-order chi connectivity index (χ1) is 15.3. The number of hydrogen-bond donors (Lipinski definition) is 2. The van der Waals surface area contributed by atoms with Crippen molar-refractivity contribution >= 4 is 23.4 Å². The lowest BCUT2D eigenvalue weighted by Gasteiger charge is -2.69. The maximum Gasteiger partial charge on any atom is 0.258 e. The number of carbonyl (C=O) groups excluding carboxylic acids is 2. The highest BCUT2D eigenvalue weighted by atomic mass is 35.5. The van der Waals surface area contributed by atoms with Gasteiger partial charge in [-0.3, -0.25) is 9.59 Å². The second-order valence-corrected chi connectivity index (χ2v) is 9.51. The fourth-order valence-corrected chi connectivity index (χ4v) is 4.90. The maximum atomic E-state index is 13.4. The van der Waals surface area contributed by atoms with E-state index in [-0.39, 0.29) is 40.1 Å².